The van der Waals surface area contributed by atoms with Crippen molar-refractivity contribution >= 4 is 13.6 Å². The van der Waals surface area contributed by atoms with E-state index >= 15 is 0 Å². The zero-order valence-corrected chi connectivity index (χ0v) is 11.8. The van der Waals surface area contributed by atoms with Gasteiger partial charge in [0, 0.05) is 0 Å². The zero-order valence-electron chi connectivity index (χ0n) is 11.0. The summed E-state index contributed by atoms with van der Waals surface area (Å²) in [5, 5.41) is 0. The molecular weight excluding hydrogens is 333 g/mol. The molecule has 0 spiro atoms. The maximum atomic E-state index is 12.1. The molecule has 1 atom stereocenters. The number of esters is 1. The lowest BCUT2D eigenvalue weighted by molar-refractivity contribution is -0.167. The van der Waals surface area contributed by atoms with Gasteiger partial charge >= 0.3 is 25.9 Å². The van der Waals surface area contributed by atoms with Crippen LogP contribution in [0.5, 0.6) is 0 Å². The molecule has 0 fully saturated rings. The Labute approximate surface area is 116 Å². The molecule has 0 amide bonds. The van der Waals surface area contributed by atoms with Gasteiger partial charge in [0.2, 0.25) is 0 Å². The molecule has 5 nitrogen and oxygen atoms in total. The first-order valence-corrected chi connectivity index (χ1v) is 7.06. The molecule has 126 valence electrons. The minimum Gasteiger partial charge on any atom is -0.468 e. The highest BCUT2D eigenvalue weighted by molar-refractivity contribution is 7.55. The van der Waals surface area contributed by atoms with E-state index in [2.05, 4.69) is 13.8 Å². The first-order chi connectivity index (χ1) is 9.34. The molecule has 0 saturated heterocycles. The molecule has 12 heteroatoms. The van der Waals surface area contributed by atoms with Gasteiger partial charge in [0.05, 0.1) is 7.11 Å². The van der Waals surface area contributed by atoms with Crippen LogP contribution < -0.4 is 0 Å². The van der Waals surface area contributed by atoms with Crippen molar-refractivity contribution in [1.82, 2.24) is 0 Å². The predicted molar refractivity (Wildman–Crippen MR) is 57.7 cm³/mol. The van der Waals surface area contributed by atoms with E-state index in [9.17, 15) is 35.7 Å². The number of hydrogen-bond acceptors (Lipinski definition) is 5. The topological polar surface area (TPSA) is 61.8 Å². The van der Waals surface area contributed by atoms with Crippen LogP contribution >= 0.6 is 7.60 Å². The second kappa shape index (κ2) is 7.46. The fraction of sp³-hybridized carbons (Fsp3) is 0.889. The van der Waals surface area contributed by atoms with Crippen LogP contribution in [-0.2, 0) is 23.1 Å². The Morgan fingerprint density at radius 1 is 1.05 bits per heavy atom. The summed E-state index contributed by atoms with van der Waals surface area (Å²) in [5.74, 6) is -1.29. The summed E-state index contributed by atoms with van der Waals surface area (Å²) in [5.41, 5.74) is -1.88. The van der Waals surface area contributed by atoms with Crippen LogP contribution in [0.3, 0.4) is 0 Å². The number of methoxy groups -OCH3 is 1. The van der Waals surface area contributed by atoms with Gasteiger partial charge in [0.25, 0.3) is 0 Å². The maximum Gasteiger partial charge on any atom is 0.412 e. The van der Waals surface area contributed by atoms with E-state index in [4.69, 9.17) is 0 Å². The molecular formula is C9H13F6O5P. The van der Waals surface area contributed by atoms with Crippen LogP contribution in [0.1, 0.15) is 13.3 Å². The van der Waals surface area contributed by atoms with Crippen molar-refractivity contribution < 1.29 is 49.5 Å². The molecule has 0 radical (unpaired) electrons. The number of rotatable bonds is 7. The van der Waals surface area contributed by atoms with E-state index in [1.54, 1.807) is 0 Å². The summed E-state index contributed by atoms with van der Waals surface area (Å²) in [6, 6.07) is 0. The Bertz CT molecular complexity index is 371. The molecule has 0 rings (SSSR count). The van der Waals surface area contributed by atoms with Crippen LogP contribution in [0.2, 0.25) is 0 Å². The molecule has 0 aromatic heterocycles. The summed E-state index contributed by atoms with van der Waals surface area (Å²) < 4.78 is 96.6. The van der Waals surface area contributed by atoms with E-state index in [0.29, 0.717) is 0 Å². The molecule has 0 aliphatic carbocycles. The molecule has 21 heavy (non-hydrogen) atoms. The molecule has 0 saturated carbocycles. The van der Waals surface area contributed by atoms with Crippen LogP contribution in [-0.4, -0.2) is 44.3 Å². The molecule has 1 unspecified atom stereocenters. The van der Waals surface area contributed by atoms with Crippen molar-refractivity contribution in [3.63, 3.8) is 0 Å². The smallest absolute Gasteiger partial charge is 0.412 e. The Hall–Kier alpha value is -0.800. The quantitative estimate of drug-likeness (QED) is 0.402. The van der Waals surface area contributed by atoms with Crippen molar-refractivity contribution in [3.8, 4) is 0 Å². The van der Waals surface area contributed by atoms with Crippen molar-refractivity contribution in [2.45, 2.75) is 31.4 Å². The Morgan fingerprint density at radius 2 is 1.43 bits per heavy atom. The first kappa shape index (κ1) is 20.2. The van der Waals surface area contributed by atoms with Gasteiger partial charge in [0.1, 0.15) is 0 Å². The highest BCUT2D eigenvalue weighted by Crippen LogP contribution is 2.56. The molecule has 0 bridgehead atoms. The van der Waals surface area contributed by atoms with E-state index in [1.165, 1.54) is 6.92 Å². The zero-order chi connectivity index (χ0) is 16.9. The van der Waals surface area contributed by atoms with Crippen LogP contribution in [0.4, 0.5) is 26.3 Å². The fourth-order valence-electron chi connectivity index (χ4n) is 1.20. The Morgan fingerprint density at radius 3 is 1.67 bits per heavy atom. The predicted octanol–water partition coefficient (Wildman–Crippen LogP) is 3.29. The van der Waals surface area contributed by atoms with Gasteiger partial charge in [0.15, 0.2) is 18.9 Å². The normalized spacial score (nSPS) is 14.9. The number of carbonyl (C=O) groups excluding carboxylic acids is 1. The minimum absolute atomic E-state index is 0.389. The third-order valence-corrected chi connectivity index (χ3v) is 4.38. The number of alkyl halides is 6. The van der Waals surface area contributed by atoms with Crippen LogP contribution in [0.25, 0.3) is 0 Å². The van der Waals surface area contributed by atoms with Gasteiger partial charge in [-0.25, -0.2) is 0 Å². The Kier molecular flexibility index (Phi) is 7.17. The molecule has 0 aromatic carbocycles. The van der Waals surface area contributed by atoms with Gasteiger partial charge in [-0.1, -0.05) is 6.92 Å². The highest BCUT2D eigenvalue weighted by Gasteiger charge is 2.46. The number of halogens is 6. The number of hydrogen-bond donors (Lipinski definition) is 0. The van der Waals surface area contributed by atoms with E-state index < -0.39 is 44.8 Å². The third-order valence-electron chi connectivity index (χ3n) is 2.06. The summed E-state index contributed by atoms with van der Waals surface area (Å²) in [7, 11) is -4.17. The third kappa shape index (κ3) is 7.68. The van der Waals surface area contributed by atoms with Gasteiger partial charge in [-0.05, 0) is 6.42 Å². The summed E-state index contributed by atoms with van der Waals surface area (Å²) in [6.07, 6.45) is -10.3. The standard InChI is InChI=1S/C9H13F6O5P/c1-3-6(7(16)18-2)21(17,19-4-8(10,11)12)20-5-9(13,14)15/h6H,3-5H2,1-2H3. The average Bonchev–Trinajstić information content (AvgIpc) is 2.33. The van der Waals surface area contributed by atoms with Crippen molar-refractivity contribution in [3.05, 3.63) is 0 Å². The molecule has 0 N–H and O–H groups in total. The second-order valence-electron chi connectivity index (χ2n) is 3.76. The van der Waals surface area contributed by atoms with Gasteiger partial charge in [-0.15, -0.1) is 0 Å². The summed E-state index contributed by atoms with van der Waals surface area (Å²) in [4.78, 5) is 11.3. The van der Waals surface area contributed by atoms with Crippen LogP contribution in [0, 0.1) is 0 Å². The SMILES string of the molecule is CCC(C(=O)OC)P(=O)(OCC(F)(F)F)OCC(F)(F)F. The van der Waals surface area contributed by atoms with Crippen molar-refractivity contribution in [2.75, 3.05) is 20.3 Å². The van der Waals surface area contributed by atoms with E-state index in [1.807, 2.05) is 0 Å². The maximum absolute atomic E-state index is 12.1. The molecule has 0 aliphatic heterocycles. The lowest BCUT2D eigenvalue weighted by atomic mass is 10.3. The average molecular weight is 346 g/mol. The van der Waals surface area contributed by atoms with Crippen LogP contribution in [0.15, 0.2) is 0 Å². The Balaban J connectivity index is 5.23. The lowest BCUT2D eigenvalue weighted by Crippen LogP contribution is -2.28. The van der Waals surface area contributed by atoms with Gasteiger partial charge < -0.3 is 4.74 Å². The van der Waals surface area contributed by atoms with Gasteiger partial charge in [-0.2, -0.15) is 26.3 Å². The minimum atomic E-state index is -5.01. The highest BCUT2D eigenvalue weighted by atomic mass is 31.2. The number of ether oxygens (including phenoxy) is 1. The van der Waals surface area contributed by atoms with E-state index in [-0.39, 0.29) is 6.42 Å². The van der Waals surface area contributed by atoms with Crippen molar-refractivity contribution in [2.24, 2.45) is 0 Å². The van der Waals surface area contributed by atoms with Gasteiger partial charge in [-0.3, -0.25) is 18.4 Å². The molecule has 0 aliphatic rings. The largest absolute Gasteiger partial charge is 0.468 e. The van der Waals surface area contributed by atoms with E-state index in [0.717, 1.165) is 7.11 Å². The lowest BCUT2D eigenvalue weighted by Gasteiger charge is -2.25. The molecule has 0 heterocycles. The fourth-order valence-corrected chi connectivity index (χ4v) is 3.10. The number of carbonyl (C=O) groups is 1. The second-order valence-corrected chi connectivity index (χ2v) is 5.98. The van der Waals surface area contributed by atoms with Crippen molar-refractivity contribution in [1.29, 1.82) is 0 Å². The monoisotopic (exact) mass is 346 g/mol. The molecule has 0 aromatic rings. The summed E-state index contributed by atoms with van der Waals surface area (Å²) >= 11 is 0. The summed E-state index contributed by atoms with van der Waals surface area (Å²) in [6.45, 7) is -3.02. The first-order valence-electron chi connectivity index (χ1n) is 5.44.